The van der Waals surface area contributed by atoms with Crippen LogP contribution in [0.4, 0.5) is 0 Å². The van der Waals surface area contributed by atoms with Crippen molar-refractivity contribution in [3.8, 4) is 0 Å². The lowest BCUT2D eigenvalue weighted by atomic mass is 10.1. The molecule has 66 heavy (non-hydrogen) atoms. The average Bonchev–Trinajstić information content (AvgIpc) is 3.31. The number of esters is 3. The summed E-state index contributed by atoms with van der Waals surface area (Å²) in [7, 11) is 0. The second kappa shape index (κ2) is 54.7. The summed E-state index contributed by atoms with van der Waals surface area (Å²) in [6, 6.07) is 0. The summed E-state index contributed by atoms with van der Waals surface area (Å²) in [4.78, 5) is 38.1. The SMILES string of the molecule is CCCCC/C=C/C/C=C/CCCCCCCCCCCC(=O)OC[C@@H](COC(=O)CCCCCCC/C=C/CCCCCCC)OC(=O)CCCCCCC/C=C/C/C=C/CCCCC. The monoisotopic (exact) mass is 923 g/mol. The van der Waals surface area contributed by atoms with Crippen LogP contribution < -0.4 is 0 Å². The zero-order chi connectivity index (χ0) is 47.9. The Bertz CT molecular complexity index is 1200. The van der Waals surface area contributed by atoms with E-state index in [0.29, 0.717) is 19.3 Å². The Morgan fingerprint density at radius 3 is 0.879 bits per heavy atom. The number of rotatable bonds is 51. The van der Waals surface area contributed by atoms with E-state index in [1.54, 1.807) is 0 Å². The van der Waals surface area contributed by atoms with Crippen molar-refractivity contribution in [2.24, 2.45) is 0 Å². The first-order valence-corrected chi connectivity index (χ1v) is 28.3. The minimum absolute atomic E-state index is 0.0840. The molecule has 0 heterocycles. The van der Waals surface area contributed by atoms with Crippen LogP contribution in [0.5, 0.6) is 0 Å². The Balaban J connectivity index is 4.39. The van der Waals surface area contributed by atoms with Crippen molar-refractivity contribution in [2.45, 2.75) is 290 Å². The summed E-state index contributed by atoms with van der Waals surface area (Å²) in [6.45, 7) is 6.58. The van der Waals surface area contributed by atoms with E-state index in [1.807, 2.05) is 0 Å². The molecule has 0 amide bonds. The van der Waals surface area contributed by atoms with Crippen molar-refractivity contribution < 1.29 is 28.6 Å². The topological polar surface area (TPSA) is 78.9 Å². The largest absolute Gasteiger partial charge is 0.462 e. The second-order valence-corrected chi connectivity index (χ2v) is 18.8. The van der Waals surface area contributed by atoms with Crippen LogP contribution in [-0.2, 0) is 28.6 Å². The summed E-state index contributed by atoms with van der Waals surface area (Å²) >= 11 is 0. The summed E-state index contributed by atoms with van der Waals surface area (Å²) in [6.07, 6.45) is 67.7. The normalized spacial score (nSPS) is 12.5. The van der Waals surface area contributed by atoms with E-state index < -0.39 is 6.10 Å². The Morgan fingerprint density at radius 1 is 0.303 bits per heavy atom. The fourth-order valence-electron chi connectivity index (χ4n) is 7.91. The van der Waals surface area contributed by atoms with Gasteiger partial charge in [-0.15, -0.1) is 0 Å². The van der Waals surface area contributed by atoms with E-state index in [2.05, 4.69) is 81.5 Å². The van der Waals surface area contributed by atoms with Crippen LogP contribution in [0, 0.1) is 0 Å². The molecule has 0 spiro atoms. The number of unbranched alkanes of at least 4 members (excludes halogenated alkanes) is 30. The van der Waals surface area contributed by atoms with Crippen LogP contribution in [0.2, 0.25) is 0 Å². The minimum Gasteiger partial charge on any atom is -0.462 e. The third-order valence-corrected chi connectivity index (χ3v) is 12.2. The zero-order valence-corrected chi connectivity index (χ0v) is 43.7. The lowest BCUT2D eigenvalue weighted by Crippen LogP contribution is -2.30. The van der Waals surface area contributed by atoms with Gasteiger partial charge in [0.25, 0.3) is 0 Å². The highest BCUT2D eigenvalue weighted by Crippen LogP contribution is 2.15. The molecule has 0 bridgehead atoms. The van der Waals surface area contributed by atoms with E-state index in [1.165, 1.54) is 148 Å². The van der Waals surface area contributed by atoms with Crippen molar-refractivity contribution in [2.75, 3.05) is 13.2 Å². The Hall–Kier alpha value is -2.89. The van der Waals surface area contributed by atoms with E-state index in [0.717, 1.165) is 96.3 Å². The molecule has 6 nitrogen and oxygen atoms in total. The van der Waals surface area contributed by atoms with Crippen LogP contribution in [0.25, 0.3) is 0 Å². The van der Waals surface area contributed by atoms with Crippen LogP contribution in [0.1, 0.15) is 284 Å². The number of carbonyl (C=O) groups is 3. The summed E-state index contributed by atoms with van der Waals surface area (Å²) < 4.78 is 16.8. The average molecular weight is 924 g/mol. The number of hydrogen-bond donors (Lipinski definition) is 0. The number of hydrogen-bond acceptors (Lipinski definition) is 6. The first kappa shape index (κ1) is 63.1. The molecule has 0 radical (unpaired) electrons. The van der Waals surface area contributed by atoms with E-state index >= 15 is 0 Å². The molecular formula is C60H106O6. The molecule has 0 saturated heterocycles. The highest BCUT2D eigenvalue weighted by molar-refractivity contribution is 5.71. The minimum atomic E-state index is -0.786. The van der Waals surface area contributed by atoms with Gasteiger partial charge in [-0.05, 0) is 109 Å². The quantitative estimate of drug-likeness (QED) is 0.0262. The van der Waals surface area contributed by atoms with Crippen LogP contribution in [-0.4, -0.2) is 37.2 Å². The molecular weight excluding hydrogens is 817 g/mol. The van der Waals surface area contributed by atoms with Crippen molar-refractivity contribution in [1.29, 1.82) is 0 Å². The predicted octanol–water partition coefficient (Wildman–Crippen LogP) is 18.8. The molecule has 0 fully saturated rings. The third kappa shape index (κ3) is 52.1. The van der Waals surface area contributed by atoms with Gasteiger partial charge in [0.1, 0.15) is 13.2 Å². The van der Waals surface area contributed by atoms with Gasteiger partial charge in [0.15, 0.2) is 6.10 Å². The molecule has 0 aromatic rings. The van der Waals surface area contributed by atoms with Crippen molar-refractivity contribution >= 4 is 17.9 Å². The standard InChI is InChI=1S/C60H106O6/c1-4-7-10-13-16-19-22-25-28-29-30-31-33-35-38-41-44-47-50-53-59(62)65-56-57(55-64-58(61)52-49-46-43-40-37-34-27-24-21-18-15-12-9-6-3)66-60(63)54-51-48-45-42-39-36-32-26-23-20-17-14-11-8-5-2/h16-17,19-20,24-28,32,57H,4-15,18,21-23,29-31,33-56H2,1-3H3/b19-16+,20-17+,27-24+,28-25+,32-26+/t57-/m1/s1. The smallest absolute Gasteiger partial charge is 0.306 e. The Morgan fingerprint density at radius 2 is 0.545 bits per heavy atom. The molecule has 0 N–H and O–H groups in total. The van der Waals surface area contributed by atoms with Gasteiger partial charge in [-0.1, -0.05) is 216 Å². The van der Waals surface area contributed by atoms with Gasteiger partial charge in [-0.3, -0.25) is 14.4 Å². The molecule has 0 saturated carbocycles. The summed E-state index contributed by atoms with van der Waals surface area (Å²) in [5.41, 5.74) is 0. The fourth-order valence-corrected chi connectivity index (χ4v) is 7.91. The number of carbonyl (C=O) groups excluding carboxylic acids is 3. The van der Waals surface area contributed by atoms with Gasteiger partial charge in [0.2, 0.25) is 0 Å². The third-order valence-electron chi connectivity index (χ3n) is 12.2. The van der Waals surface area contributed by atoms with Crippen molar-refractivity contribution in [1.82, 2.24) is 0 Å². The molecule has 0 aromatic heterocycles. The van der Waals surface area contributed by atoms with E-state index in [4.69, 9.17) is 14.2 Å². The van der Waals surface area contributed by atoms with Crippen LogP contribution in [0.15, 0.2) is 60.8 Å². The van der Waals surface area contributed by atoms with Gasteiger partial charge >= 0.3 is 17.9 Å². The van der Waals surface area contributed by atoms with Crippen molar-refractivity contribution in [3.63, 3.8) is 0 Å². The highest BCUT2D eigenvalue weighted by atomic mass is 16.6. The van der Waals surface area contributed by atoms with Gasteiger partial charge in [-0.2, -0.15) is 0 Å². The molecule has 0 aromatic carbocycles. The number of allylic oxidation sites excluding steroid dienone is 10. The molecule has 1 atom stereocenters. The lowest BCUT2D eigenvalue weighted by Gasteiger charge is -2.18. The van der Waals surface area contributed by atoms with Gasteiger partial charge in [0, 0.05) is 19.3 Å². The van der Waals surface area contributed by atoms with Gasteiger partial charge in [-0.25, -0.2) is 0 Å². The maximum Gasteiger partial charge on any atom is 0.306 e. The van der Waals surface area contributed by atoms with E-state index in [-0.39, 0.29) is 31.1 Å². The Kier molecular flexibility index (Phi) is 52.3. The number of ether oxygens (including phenoxy) is 3. The Labute approximate surface area is 409 Å². The summed E-state index contributed by atoms with van der Waals surface area (Å²) in [5.74, 6) is -0.902. The van der Waals surface area contributed by atoms with E-state index in [9.17, 15) is 14.4 Å². The van der Waals surface area contributed by atoms with Crippen LogP contribution in [0.3, 0.4) is 0 Å². The first-order valence-electron chi connectivity index (χ1n) is 28.3. The molecule has 6 heteroatoms. The molecule has 382 valence electrons. The first-order chi connectivity index (χ1) is 32.5. The van der Waals surface area contributed by atoms with Crippen LogP contribution >= 0.6 is 0 Å². The predicted molar refractivity (Wildman–Crippen MR) is 284 cm³/mol. The molecule has 0 aliphatic heterocycles. The highest BCUT2D eigenvalue weighted by Gasteiger charge is 2.19. The maximum absolute atomic E-state index is 12.8. The lowest BCUT2D eigenvalue weighted by molar-refractivity contribution is -0.167. The van der Waals surface area contributed by atoms with Crippen molar-refractivity contribution in [3.05, 3.63) is 60.8 Å². The second-order valence-electron chi connectivity index (χ2n) is 18.8. The molecule has 0 unspecified atom stereocenters. The van der Waals surface area contributed by atoms with Gasteiger partial charge < -0.3 is 14.2 Å². The molecule has 0 aliphatic rings. The zero-order valence-electron chi connectivity index (χ0n) is 43.7. The molecule has 0 aliphatic carbocycles. The van der Waals surface area contributed by atoms with Gasteiger partial charge in [0.05, 0.1) is 0 Å². The fraction of sp³-hybridized carbons (Fsp3) is 0.783. The molecule has 0 rings (SSSR count). The maximum atomic E-state index is 12.8. The summed E-state index contributed by atoms with van der Waals surface area (Å²) in [5, 5.41) is 0.